The molecule has 1 aliphatic heterocycles. The van der Waals surface area contributed by atoms with E-state index in [1.807, 2.05) is 37.3 Å². The zero-order valence-electron chi connectivity index (χ0n) is 16.2. The first kappa shape index (κ1) is 19.9. The molecule has 0 spiro atoms. The highest BCUT2D eigenvalue weighted by Crippen LogP contribution is 2.36. The van der Waals surface area contributed by atoms with E-state index in [2.05, 4.69) is 5.32 Å². The summed E-state index contributed by atoms with van der Waals surface area (Å²) in [7, 11) is 3.36. The van der Waals surface area contributed by atoms with Gasteiger partial charge in [-0.25, -0.2) is 0 Å². The molecular weight excluding hydrogens is 374 g/mol. The van der Waals surface area contributed by atoms with Gasteiger partial charge in [0.25, 0.3) is 5.91 Å². The maximum Gasteiger partial charge on any atom is 0.253 e. The van der Waals surface area contributed by atoms with E-state index in [4.69, 9.17) is 0 Å². The SMILES string of the molecule is Cc1ccc(CNC(=O)CN2C(=O)CSc3ccc(C(=O)N(C)C)cc32)cc1. The molecule has 3 amide bonds. The summed E-state index contributed by atoms with van der Waals surface area (Å²) in [6.07, 6.45) is 0. The Morgan fingerprint density at radius 3 is 2.54 bits per heavy atom. The van der Waals surface area contributed by atoms with Crippen molar-refractivity contribution in [2.24, 2.45) is 0 Å². The Labute approximate surface area is 168 Å². The van der Waals surface area contributed by atoms with Crippen LogP contribution in [0.25, 0.3) is 0 Å². The van der Waals surface area contributed by atoms with E-state index in [0.29, 0.717) is 17.8 Å². The van der Waals surface area contributed by atoms with Crippen LogP contribution in [0.15, 0.2) is 47.4 Å². The third-order valence-electron chi connectivity index (χ3n) is 4.47. The molecule has 2 aromatic rings. The van der Waals surface area contributed by atoms with Crippen molar-refractivity contribution >= 4 is 35.2 Å². The molecule has 1 heterocycles. The lowest BCUT2D eigenvalue weighted by atomic mass is 10.1. The molecule has 0 aliphatic carbocycles. The predicted octanol–water partition coefficient (Wildman–Crippen LogP) is 2.45. The molecule has 0 unspecified atom stereocenters. The Hall–Kier alpha value is -2.80. The summed E-state index contributed by atoms with van der Waals surface area (Å²) in [6.45, 7) is 2.34. The van der Waals surface area contributed by atoms with Gasteiger partial charge < -0.3 is 15.1 Å². The fourth-order valence-electron chi connectivity index (χ4n) is 2.87. The van der Waals surface area contributed by atoms with Crippen LogP contribution in [0.4, 0.5) is 5.69 Å². The maximum absolute atomic E-state index is 12.4. The minimum atomic E-state index is -0.240. The standard InChI is InChI=1S/C21H23N3O3S/c1-14-4-6-15(7-5-14)11-22-19(25)12-24-17-10-16(21(27)23(2)3)8-9-18(17)28-13-20(24)26/h4-10H,11-13H2,1-3H3,(H,22,25). The van der Waals surface area contributed by atoms with E-state index < -0.39 is 0 Å². The molecule has 0 aromatic heterocycles. The molecule has 0 bridgehead atoms. The Balaban J connectivity index is 1.73. The summed E-state index contributed by atoms with van der Waals surface area (Å²) in [5.41, 5.74) is 3.26. The van der Waals surface area contributed by atoms with Crippen LogP contribution in [0.1, 0.15) is 21.5 Å². The van der Waals surface area contributed by atoms with Gasteiger partial charge in [-0.15, -0.1) is 11.8 Å². The van der Waals surface area contributed by atoms with Gasteiger partial charge in [-0.05, 0) is 30.7 Å². The first-order valence-electron chi connectivity index (χ1n) is 8.96. The van der Waals surface area contributed by atoms with Crippen molar-refractivity contribution < 1.29 is 14.4 Å². The molecule has 1 N–H and O–H groups in total. The first-order valence-corrected chi connectivity index (χ1v) is 9.95. The van der Waals surface area contributed by atoms with Crippen LogP contribution in [0, 0.1) is 6.92 Å². The highest BCUT2D eigenvalue weighted by molar-refractivity contribution is 8.00. The average molecular weight is 398 g/mol. The lowest BCUT2D eigenvalue weighted by Crippen LogP contribution is -2.43. The number of carbonyl (C=O) groups excluding carboxylic acids is 3. The topological polar surface area (TPSA) is 69.7 Å². The summed E-state index contributed by atoms with van der Waals surface area (Å²) >= 11 is 1.42. The molecule has 6 nitrogen and oxygen atoms in total. The van der Waals surface area contributed by atoms with Crippen LogP contribution in [0.3, 0.4) is 0 Å². The zero-order chi connectivity index (χ0) is 20.3. The predicted molar refractivity (Wildman–Crippen MR) is 111 cm³/mol. The van der Waals surface area contributed by atoms with Gasteiger partial charge in [-0.3, -0.25) is 14.4 Å². The third kappa shape index (κ3) is 4.54. The number of hydrogen-bond acceptors (Lipinski definition) is 4. The molecule has 0 saturated carbocycles. The van der Waals surface area contributed by atoms with Gasteiger partial charge in [-0.2, -0.15) is 0 Å². The average Bonchev–Trinajstić information content (AvgIpc) is 2.68. The number of fused-ring (bicyclic) bond motifs is 1. The van der Waals surface area contributed by atoms with Crippen molar-refractivity contribution in [1.82, 2.24) is 10.2 Å². The fraction of sp³-hybridized carbons (Fsp3) is 0.286. The molecule has 7 heteroatoms. The summed E-state index contributed by atoms with van der Waals surface area (Å²) in [4.78, 5) is 41.0. The number of aryl methyl sites for hydroxylation is 1. The van der Waals surface area contributed by atoms with Crippen molar-refractivity contribution in [1.29, 1.82) is 0 Å². The van der Waals surface area contributed by atoms with Crippen molar-refractivity contribution in [3.63, 3.8) is 0 Å². The Morgan fingerprint density at radius 1 is 1.14 bits per heavy atom. The molecule has 1 aliphatic rings. The van der Waals surface area contributed by atoms with Crippen molar-refractivity contribution in [2.45, 2.75) is 18.4 Å². The largest absolute Gasteiger partial charge is 0.350 e. The van der Waals surface area contributed by atoms with Gasteiger partial charge in [0.2, 0.25) is 11.8 Å². The summed E-state index contributed by atoms with van der Waals surface area (Å²) in [6, 6.07) is 13.2. The van der Waals surface area contributed by atoms with Gasteiger partial charge in [0, 0.05) is 31.1 Å². The molecule has 3 rings (SSSR count). The fourth-order valence-corrected chi connectivity index (χ4v) is 3.79. The molecule has 0 fully saturated rings. The molecule has 0 saturated heterocycles. The number of nitrogens with one attached hydrogen (secondary N) is 1. The number of rotatable bonds is 5. The van der Waals surface area contributed by atoms with Crippen LogP contribution in [-0.4, -0.2) is 49.0 Å². The van der Waals surface area contributed by atoms with Gasteiger partial charge in [0.15, 0.2) is 0 Å². The van der Waals surface area contributed by atoms with Gasteiger partial charge >= 0.3 is 0 Å². The maximum atomic E-state index is 12.4. The highest BCUT2D eigenvalue weighted by atomic mass is 32.2. The number of anilines is 1. The molecule has 0 radical (unpaired) electrons. The molecule has 146 valence electrons. The first-order chi connectivity index (χ1) is 13.3. The molecule has 2 aromatic carbocycles. The minimum Gasteiger partial charge on any atom is -0.350 e. The van der Waals surface area contributed by atoms with Crippen LogP contribution in [0.2, 0.25) is 0 Å². The van der Waals surface area contributed by atoms with E-state index >= 15 is 0 Å². The lowest BCUT2D eigenvalue weighted by Gasteiger charge is -2.29. The van der Waals surface area contributed by atoms with Crippen molar-refractivity contribution in [2.75, 3.05) is 31.3 Å². The van der Waals surface area contributed by atoms with Crippen LogP contribution < -0.4 is 10.2 Å². The number of thioether (sulfide) groups is 1. The normalized spacial score (nSPS) is 13.1. The Morgan fingerprint density at radius 2 is 1.86 bits per heavy atom. The Bertz CT molecular complexity index is 910. The summed E-state index contributed by atoms with van der Waals surface area (Å²) < 4.78 is 0. The quantitative estimate of drug-likeness (QED) is 0.841. The highest BCUT2D eigenvalue weighted by Gasteiger charge is 2.27. The van der Waals surface area contributed by atoms with Crippen LogP contribution in [0.5, 0.6) is 0 Å². The van der Waals surface area contributed by atoms with Gasteiger partial charge in [0.1, 0.15) is 6.54 Å². The lowest BCUT2D eigenvalue weighted by molar-refractivity contribution is -0.123. The van der Waals surface area contributed by atoms with E-state index in [1.165, 1.54) is 21.6 Å². The van der Waals surface area contributed by atoms with E-state index in [1.54, 1.807) is 26.2 Å². The molecule has 28 heavy (non-hydrogen) atoms. The summed E-state index contributed by atoms with van der Waals surface area (Å²) in [5.74, 6) is -0.248. The second-order valence-corrected chi connectivity index (χ2v) is 7.93. The van der Waals surface area contributed by atoms with Gasteiger partial charge in [-0.1, -0.05) is 29.8 Å². The number of nitrogens with zero attached hydrogens (tertiary/aromatic N) is 2. The minimum absolute atomic E-state index is 0.0716. The van der Waals surface area contributed by atoms with Crippen molar-refractivity contribution in [3.05, 3.63) is 59.2 Å². The van der Waals surface area contributed by atoms with Gasteiger partial charge in [0.05, 0.1) is 11.4 Å². The second kappa shape index (κ2) is 8.48. The zero-order valence-corrected chi connectivity index (χ0v) is 17.0. The number of hydrogen-bond donors (Lipinski definition) is 1. The Kier molecular flexibility index (Phi) is 6.04. The van der Waals surface area contributed by atoms with Crippen LogP contribution in [-0.2, 0) is 16.1 Å². The van der Waals surface area contributed by atoms with Crippen molar-refractivity contribution in [3.8, 4) is 0 Å². The monoisotopic (exact) mass is 397 g/mol. The number of amides is 3. The summed E-state index contributed by atoms with van der Waals surface area (Å²) in [5, 5.41) is 2.86. The smallest absolute Gasteiger partial charge is 0.253 e. The third-order valence-corrected chi connectivity index (χ3v) is 5.51. The van der Waals surface area contributed by atoms with E-state index in [0.717, 1.165) is 16.0 Å². The molecular formula is C21H23N3O3S. The second-order valence-electron chi connectivity index (χ2n) is 6.91. The van der Waals surface area contributed by atoms with E-state index in [-0.39, 0.29) is 30.0 Å². The number of carbonyl (C=O) groups is 3. The number of benzene rings is 2. The van der Waals surface area contributed by atoms with E-state index in [9.17, 15) is 14.4 Å². The molecule has 0 atom stereocenters. The van der Waals surface area contributed by atoms with Crippen LogP contribution >= 0.6 is 11.8 Å².